The lowest BCUT2D eigenvalue weighted by Gasteiger charge is -2.30. The Balaban J connectivity index is 0.00000162. The fourth-order valence-electron chi connectivity index (χ4n) is 1.93. The van der Waals surface area contributed by atoms with Gasteiger partial charge in [0.15, 0.2) is 0 Å². The van der Waals surface area contributed by atoms with Crippen molar-refractivity contribution in [3.63, 3.8) is 0 Å². The van der Waals surface area contributed by atoms with E-state index in [0.717, 1.165) is 19.2 Å². The van der Waals surface area contributed by atoms with Crippen molar-refractivity contribution in [3.05, 3.63) is 24.0 Å². The molecule has 102 valence electrons. The summed E-state index contributed by atoms with van der Waals surface area (Å²) >= 11 is 0. The number of nitrogens with one attached hydrogen (secondary N) is 1. The Kier molecular flexibility index (Phi) is 4.92. The van der Waals surface area contributed by atoms with Crippen LogP contribution in [-0.4, -0.2) is 34.6 Å². The second-order valence-corrected chi connectivity index (χ2v) is 5.37. The fraction of sp³-hybridized carbons (Fsp3) is 0.400. The summed E-state index contributed by atoms with van der Waals surface area (Å²) in [5.74, 6) is -0.802. The maximum absolute atomic E-state index is 13.6. The quantitative estimate of drug-likeness (QED) is 0.823. The second kappa shape index (κ2) is 5.83. The lowest BCUT2D eigenvalue weighted by atomic mass is 10.2. The number of nitrogens with two attached hydrogens (primary N) is 1. The van der Waals surface area contributed by atoms with Crippen LogP contribution in [0.4, 0.5) is 10.1 Å². The molecule has 0 aromatic heterocycles. The summed E-state index contributed by atoms with van der Waals surface area (Å²) < 4.78 is 36.4. The first kappa shape index (κ1) is 15.2. The third kappa shape index (κ3) is 3.11. The molecule has 2 rings (SSSR count). The van der Waals surface area contributed by atoms with E-state index in [2.05, 4.69) is 5.32 Å². The number of sulfonamides is 1. The Labute approximate surface area is 112 Å². The van der Waals surface area contributed by atoms with Gasteiger partial charge >= 0.3 is 0 Å². The van der Waals surface area contributed by atoms with Crippen molar-refractivity contribution in [1.82, 2.24) is 5.32 Å². The predicted molar refractivity (Wildman–Crippen MR) is 70.1 cm³/mol. The average Bonchev–Trinajstić information content (AvgIpc) is 2.28. The van der Waals surface area contributed by atoms with Gasteiger partial charge in [0.2, 0.25) is 10.0 Å². The van der Waals surface area contributed by atoms with Crippen LogP contribution in [0, 0.1) is 5.82 Å². The summed E-state index contributed by atoms with van der Waals surface area (Å²) in [6.07, 6.45) is 0. The number of benzene rings is 1. The highest BCUT2D eigenvalue weighted by Crippen LogP contribution is 2.26. The monoisotopic (exact) mass is 295 g/mol. The zero-order chi connectivity index (χ0) is 12.5. The van der Waals surface area contributed by atoms with E-state index in [0.29, 0.717) is 18.8 Å². The molecule has 0 spiro atoms. The molecule has 0 saturated carbocycles. The smallest absolute Gasteiger partial charge is 0.243 e. The molecular weight excluding hydrogens is 281 g/mol. The molecule has 3 N–H and O–H groups in total. The first-order chi connectivity index (χ1) is 8.00. The zero-order valence-electron chi connectivity index (χ0n) is 9.60. The van der Waals surface area contributed by atoms with E-state index < -0.39 is 20.7 Å². The molecule has 0 amide bonds. The van der Waals surface area contributed by atoms with Crippen LogP contribution in [-0.2, 0) is 10.0 Å². The number of anilines is 1. The number of hydrogen-bond acceptors (Lipinski definition) is 4. The van der Waals surface area contributed by atoms with Gasteiger partial charge in [-0.05, 0) is 12.1 Å². The number of halogens is 2. The van der Waals surface area contributed by atoms with Crippen molar-refractivity contribution in [1.29, 1.82) is 0 Å². The molecule has 18 heavy (non-hydrogen) atoms. The molecule has 1 aromatic carbocycles. The second-order valence-electron chi connectivity index (χ2n) is 3.87. The van der Waals surface area contributed by atoms with Crippen molar-refractivity contribution in [2.75, 3.05) is 31.1 Å². The highest BCUT2D eigenvalue weighted by molar-refractivity contribution is 7.89. The van der Waals surface area contributed by atoms with Crippen LogP contribution < -0.4 is 15.4 Å². The van der Waals surface area contributed by atoms with Crippen molar-refractivity contribution in [2.45, 2.75) is 4.90 Å². The summed E-state index contributed by atoms with van der Waals surface area (Å²) in [5, 5.41) is 8.20. The van der Waals surface area contributed by atoms with Crippen LogP contribution in [0.5, 0.6) is 0 Å². The largest absolute Gasteiger partial charge is 0.368 e. The van der Waals surface area contributed by atoms with Gasteiger partial charge in [-0.2, -0.15) is 0 Å². The van der Waals surface area contributed by atoms with Gasteiger partial charge in [0.1, 0.15) is 10.7 Å². The molecule has 0 atom stereocenters. The molecule has 0 radical (unpaired) electrons. The van der Waals surface area contributed by atoms with Crippen LogP contribution in [0.1, 0.15) is 0 Å². The molecule has 8 heteroatoms. The van der Waals surface area contributed by atoms with E-state index >= 15 is 0 Å². The molecule has 0 aliphatic carbocycles. The predicted octanol–water partition coefficient (Wildman–Crippen LogP) is 0.304. The molecule has 1 heterocycles. The lowest BCUT2D eigenvalue weighted by molar-refractivity contribution is 0.555. The molecule has 5 nitrogen and oxygen atoms in total. The van der Waals surface area contributed by atoms with E-state index in [-0.39, 0.29) is 12.4 Å². The Morgan fingerprint density at radius 3 is 2.44 bits per heavy atom. The minimum Gasteiger partial charge on any atom is -0.368 e. The van der Waals surface area contributed by atoms with Crippen LogP contribution in [0.25, 0.3) is 0 Å². The molecule has 1 aliphatic rings. The van der Waals surface area contributed by atoms with Crippen molar-refractivity contribution in [2.24, 2.45) is 5.14 Å². The number of piperazine rings is 1. The summed E-state index contributed by atoms with van der Waals surface area (Å²) in [6.45, 7) is 2.74. The fourth-order valence-corrected chi connectivity index (χ4v) is 2.76. The van der Waals surface area contributed by atoms with E-state index in [1.807, 2.05) is 4.90 Å². The highest BCUT2D eigenvalue weighted by atomic mass is 35.5. The van der Waals surface area contributed by atoms with Crippen LogP contribution >= 0.6 is 12.4 Å². The summed E-state index contributed by atoms with van der Waals surface area (Å²) in [5.41, 5.74) is 0.342. The first-order valence-electron chi connectivity index (χ1n) is 5.27. The number of hydrogen-bond donors (Lipinski definition) is 2. The van der Waals surface area contributed by atoms with E-state index in [1.54, 1.807) is 6.07 Å². The topological polar surface area (TPSA) is 75.4 Å². The molecular formula is C10H15ClFN3O2S. The molecule has 0 bridgehead atoms. The SMILES string of the molecule is Cl.NS(=O)(=O)c1c(F)cccc1N1CCNCC1. The minimum absolute atomic E-state index is 0. The highest BCUT2D eigenvalue weighted by Gasteiger charge is 2.23. The Hall–Kier alpha value is -0.890. The van der Waals surface area contributed by atoms with Gasteiger partial charge in [-0.1, -0.05) is 6.07 Å². The van der Waals surface area contributed by atoms with E-state index in [4.69, 9.17) is 5.14 Å². The summed E-state index contributed by atoms with van der Waals surface area (Å²) in [7, 11) is -4.05. The average molecular weight is 296 g/mol. The third-order valence-corrected chi connectivity index (χ3v) is 3.66. The molecule has 1 saturated heterocycles. The van der Waals surface area contributed by atoms with Crippen molar-refractivity contribution >= 4 is 28.1 Å². The van der Waals surface area contributed by atoms with Crippen LogP contribution in [0.15, 0.2) is 23.1 Å². The lowest BCUT2D eigenvalue weighted by Crippen LogP contribution is -2.44. The molecule has 1 aliphatic heterocycles. The Bertz CT molecular complexity index is 518. The maximum Gasteiger partial charge on any atom is 0.243 e. The summed E-state index contributed by atoms with van der Waals surface area (Å²) in [4.78, 5) is 1.40. The number of primary sulfonamides is 1. The normalized spacial score (nSPS) is 16.2. The van der Waals surface area contributed by atoms with Crippen molar-refractivity contribution < 1.29 is 12.8 Å². The van der Waals surface area contributed by atoms with Gasteiger partial charge in [0, 0.05) is 26.2 Å². The van der Waals surface area contributed by atoms with Gasteiger partial charge in [-0.25, -0.2) is 17.9 Å². The molecule has 0 unspecified atom stereocenters. The van der Waals surface area contributed by atoms with Crippen LogP contribution in [0.3, 0.4) is 0 Å². The Morgan fingerprint density at radius 1 is 1.28 bits per heavy atom. The molecule has 1 aromatic rings. The van der Waals surface area contributed by atoms with Gasteiger partial charge < -0.3 is 10.2 Å². The van der Waals surface area contributed by atoms with E-state index in [1.165, 1.54) is 6.07 Å². The minimum atomic E-state index is -4.05. The molecule has 1 fully saturated rings. The standard InChI is InChI=1S/C10H14FN3O2S.ClH/c11-8-2-1-3-9(10(8)17(12,15)16)14-6-4-13-5-7-14;/h1-3,13H,4-7H2,(H2,12,15,16);1H. The van der Waals surface area contributed by atoms with Crippen molar-refractivity contribution in [3.8, 4) is 0 Å². The maximum atomic E-state index is 13.6. The first-order valence-corrected chi connectivity index (χ1v) is 6.82. The number of rotatable bonds is 2. The van der Waals surface area contributed by atoms with E-state index in [9.17, 15) is 12.8 Å². The number of nitrogens with zero attached hydrogens (tertiary/aromatic N) is 1. The zero-order valence-corrected chi connectivity index (χ0v) is 11.2. The summed E-state index contributed by atoms with van der Waals surface area (Å²) in [6, 6.07) is 4.17. The Morgan fingerprint density at radius 2 is 1.89 bits per heavy atom. The van der Waals surface area contributed by atoms with Gasteiger partial charge in [-0.3, -0.25) is 0 Å². The van der Waals surface area contributed by atoms with Gasteiger partial charge in [0.25, 0.3) is 0 Å². The van der Waals surface area contributed by atoms with Gasteiger partial charge in [-0.15, -0.1) is 12.4 Å². The van der Waals surface area contributed by atoms with Gasteiger partial charge in [0.05, 0.1) is 5.69 Å². The van der Waals surface area contributed by atoms with Crippen LogP contribution in [0.2, 0.25) is 0 Å². The third-order valence-electron chi connectivity index (χ3n) is 2.69.